The predicted molar refractivity (Wildman–Crippen MR) is 254 cm³/mol. The minimum atomic E-state index is -1.76. The van der Waals surface area contributed by atoms with Crippen LogP contribution in [0.4, 0.5) is 0 Å². The maximum Gasteiger partial charge on any atom is 0.338 e. The molecule has 1 aromatic rings. The summed E-state index contributed by atoms with van der Waals surface area (Å²) >= 11 is 0. The fourth-order valence-corrected chi connectivity index (χ4v) is 13.6. The van der Waals surface area contributed by atoms with E-state index in [1.807, 2.05) is 20.8 Å². The summed E-state index contributed by atoms with van der Waals surface area (Å²) < 4.78 is 53.8. The third kappa shape index (κ3) is 10.7. The third-order valence-electron chi connectivity index (χ3n) is 17.9. The number of aliphatic hydroxyl groups excluding tert-OH is 7. The Hall–Kier alpha value is -3.19. The number of esters is 2. The van der Waals surface area contributed by atoms with E-state index in [0.717, 1.165) is 19.8 Å². The summed E-state index contributed by atoms with van der Waals surface area (Å²) in [6.45, 7) is 9.88. The fraction of sp³-hybridized carbons (Fsp3) is 0.792. The SMILES string of the molecule is COc1ccc(C(=O)O[C@H]2[C@H](O[C@@H]3[C@@H](OC(C)=O)[C@H](O[C@@H]4C[C@H]5[C@@H]6CC=C7C[C@@H](O[C@@H]8O[C@H](CO)[C@@H](O)[C@H](O)[C@H]8O)CC[C@]7(C)[C@H]6CC[C@]5(C)[C@@]4(O)[C@H](C)C(=O)CCC(C)C)OC[C@@H]3O)OC[C@@H](O)[C@@H]2O)cc1. The molecule has 4 aliphatic carbocycles. The molecule has 8 rings (SSSR count). The summed E-state index contributed by atoms with van der Waals surface area (Å²) in [6, 6.07) is 5.99. The summed E-state index contributed by atoms with van der Waals surface area (Å²) in [7, 11) is 1.47. The quantitative estimate of drug-likeness (QED) is 0.0866. The molecule has 8 N–H and O–H groups in total. The van der Waals surface area contributed by atoms with E-state index in [1.54, 1.807) is 19.1 Å². The predicted octanol–water partition coefficient (Wildman–Crippen LogP) is 1.85. The Morgan fingerprint density at radius 2 is 1.47 bits per heavy atom. The monoisotopic (exact) mass is 1030 g/mol. The van der Waals surface area contributed by atoms with E-state index in [4.69, 9.17) is 42.6 Å². The molecular formula is C53H78O20. The van der Waals surface area contributed by atoms with Gasteiger partial charge in [-0.3, -0.25) is 9.59 Å². The summed E-state index contributed by atoms with van der Waals surface area (Å²) in [5, 5.41) is 88.1. The number of rotatable bonds is 16. The molecule has 73 heavy (non-hydrogen) atoms. The van der Waals surface area contributed by atoms with Crippen LogP contribution in [-0.2, 0) is 47.5 Å². The zero-order valence-corrected chi connectivity index (χ0v) is 42.9. The van der Waals surface area contributed by atoms with E-state index in [9.17, 15) is 55.2 Å². The molecule has 0 spiro atoms. The first kappa shape index (κ1) is 56.0. The van der Waals surface area contributed by atoms with Crippen LogP contribution in [0.3, 0.4) is 0 Å². The smallest absolute Gasteiger partial charge is 0.338 e. The molecule has 6 fully saturated rings. The lowest BCUT2D eigenvalue weighted by atomic mass is 9.46. The van der Waals surface area contributed by atoms with Crippen LogP contribution in [0.15, 0.2) is 35.9 Å². The molecule has 20 nitrogen and oxygen atoms in total. The van der Waals surface area contributed by atoms with E-state index in [1.165, 1.54) is 24.8 Å². The van der Waals surface area contributed by atoms with Crippen LogP contribution in [0.5, 0.6) is 5.75 Å². The highest BCUT2D eigenvalue weighted by Crippen LogP contribution is 2.69. The zero-order valence-electron chi connectivity index (χ0n) is 42.9. The molecule has 3 saturated carbocycles. The van der Waals surface area contributed by atoms with Gasteiger partial charge < -0.3 is 83.5 Å². The van der Waals surface area contributed by atoms with Crippen molar-refractivity contribution in [1.82, 2.24) is 0 Å². The van der Waals surface area contributed by atoms with Gasteiger partial charge in [-0.1, -0.05) is 46.3 Å². The van der Waals surface area contributed by atoms with Crippen LogP contribution >= 0.6 is 0 Å². The summed E-state index contributed by atoms with van der Waals surface area (Å²) in [4.78, 5) is 40.7. The number of hydrogen-bond donors (Lipinski definition) is 8. The van der Waals surface area contributed by atoms with Crippen LogP contribution in [0, 0.1) is 40.4 Å². The minimum absolute atomic E-state index is 0.0470. The van der Waals surface area contributed by atoms with Gasteiger partial charge in [-0.05, 0) is 105 Å². The van der Waals surface area contributed by atoms with Gasteiger partial charge in [-0.25, -0.2) is 4.79 Å². The number of methoxy groups -OCH3 is 1. The van der Waals surface area contributed by atoms with Crippen molar-refractivity contribution >= 4 is 17.7 Å². The summed E-state index contributed by atoms with van der Waals surface area (Å²) in [5.74, 6) is -1.94. The topological polar surface area (TPSA) is 296 Å². The molecule has 0 bridgehead atoms. The number of ketones is 1. The van der Waals surface area contributed by atoms with Crippen molar-refractivity contribution in [2.75, 3.05) is 26.9 Å². The molecule has 7 aliphatic rings. The van der Waals surface area contributed by atoms with Crippen molar-refractivity contribution < 1.29 is 97.9 Å². The van der Waals surface area contributed by atoms with E-state index in [2.05, 4.69) is 13.0 Å². The molecule has 3 heterocycles. The molecule has 22 atom stereocenters. The van der Waals surface area contributed by atoms with Gasteiger partial charge in [0.1, 0.15) is 66.0 Å². The van der Waals surface area contributed by atoms with Gasteiger partial charge in [0, 0.05) is 24.7 Å². The standard InChI is InChI=1S/C53H78O20/c1-25(2)8-15-35(56)26(3)53(64)39(21-34-32-14-11-29-20-31(16-18-51(29,5)33(32)17-19-52(34,53)6)69-48-43(62)42(61)41(60)38(22-54)70-48)71-50-46(68-27(4)55)44(37(58)24-67-50)73-49-45(40(59)36(57)23-66-49)72-47(63)28-9-12-30(65-7)13-10-28/h9-13,25-26,31-34,36-46,48-50,54,57-62,64H,8,14-24H2,1-7H3/t26-,31+,32-,33+,34+,36-,37+,38-,39-,40+,41-,42+,43-,44+,45-,46-,48-,49+,50+,51+,52+,53-/m1/s1. The average Bonchev–Trinajstić information content (AvgIpc) is 3.59. The normalized spacial score (nSPS) is 44.0. The third-order valence-corrected chi connectivity index (χ3v) is 17.9. The van der Waals surface area contributed by atoms with Crippen molar-refractivity contribution in [3.63, 3.8) is 0 Å². The number of aliphatic hydroxyl groups is 8. The second kappa shape index (κ2) is 22.4. The lowest BCUT2D eigenvalue weighted by Crippen LogP contribution is -2.64. The number of fused-ring (bicyclic) bond motifs is 5. The Bertz CT molecular complexity index is 2120. The number of Topliss-reactive ketones (excluding diaryl/α,β-unsaturated/α-hetero) is 1. The number of carbonyl (C=O) groups excluding carboxylic acids is 3. The van der Waals surface area contributed by atoms with Gasteiger partial charge in [0.05, 0.1) is 44.7 Å². The Morgan fingerprint density at radius 1 is 0.781 bits per heavy atom. The van der Waals surface area contributed by atoms with Crippen molar-refractivity contribution in [1.29, 1.82) is 0 Å². The summed E-state index contributed by atoms with van der Waals surface area (Å²) in [6.07, 6.45) is -13.5. The second-order valence-electron chi connectivity index (χ2n) is 22.5. The van der Waals surface area contributed by atoms with Gasteiger partial charge in [0.2, 0.25) is 0 Å². The first-order valence-corrected chi connectivity index (χ1v) is 26.1. The van der Waals surface area contributed by atoms with Gasteiger partial charge in [0.25, 0.3) is 0 Å². The largest absolute Gasteiger partial charge is 0.497 e. The highest BCUT2D eigenvalue weighted by Gasteiger charge is 2.71. The van der Waals surface area contributed by atoms with Crippen molar-refractivity contribution in [3.05, 3.63) is 41.5 Å². The molecule has 20 heteroatoms. The second-order valence-corrected chi connectivity index (χ2v) is 22.5. The number of benzene rings is 1. The summed E-state index contributed by atoms with van der Waals surface area (Å²) in [5.41, 5.74) is -1.60. The highest BCUT2D eigenvalue weighted by molar-refractivity contribution is 5.89. The lowest BCUT2D eigenvalue weighted by Gasteiger charge is -2.59. The molecular weight excluding hydrogens is 957 g/mol. The molecule has 0 unspecified atom stereocenters. The number of carbonyl (C=O) groups is 3. The Kier molecular flexibility index (Phi) is 17.2. The van der Waals surface area contributed by atoms with Crippen LogP contribution in [0.2, 0.25) is 0 Å². The van der Waals surface area contributed by atoms with Crippen LogP contribution in [0.1, 0.15) is 110 Å². The van der Waals surface area contributed by atoms with Crippen LogP contribution < -0.4 is 4.74 Å². The minimum Gasteiger partial charge on any atom is -0.497 e. The highest BCUT2D eigenvalue weighted by atomic mass is 16.8. The average molecular weight is 1040 g/mol. The zero-order chi connectivity index (χ0) is 52.9. The molecule has 0 aromatic heterocycles. The Balaban J connectivity index is 1.05. The lowest BCUT2D eigenvalue weighted by molar-refractivity contribution is -0.345. The Morgan fingerprint density at radius 3 is 2.12 bits per heavy atom. The van der Waals surface area contributed by atoms with Crippen LogP contribution in [0.25, 0.3) is 0 Å². The van der Waals surface area contributed by atoms with E-state index in [0.29, 0.717) is 44.3 Å². The fourth-order valence-electron chi connectivity index (χ4n) is 13.6. The van der Waals surface area contributed by atoms with Gasteiger partial charge >= 0.3 is 11.9 Å². The molecule has 0 amide bonds. The number of allylic oxidation sites excluding steroid dienone is 1. The maximum absolute atomic E-state index is 14.3. The molecule has 410 valence electrons. The van der Waals surface area contributed by atoms with Crippen molar-refractivity contribution in [2.45, 2.75) is 197 Å². The van der Waals surface area contributed by atoms with Crippen LogP contribution in [-0.4, -0.2) is 183 Å². The molecule has 1 aromatic carbocycles. The maximum atomic E-state index is 14.3. The first-order chi connectivity index (χ1) is 34.6. The number of ether oxygens (including phenoxy) is 9. The van der Waals surface area contributed by atoms with Gasteiger partial charge in [0.15, 0.2) is 31.1 Å². The van der Waals surface area contributed by atoms with Crippen molar-refractivity contribution in [3.8, 4) is 5.75 Å². The molecule has 3 aliphatic heterocycles. The van der Waals surface area contributed by atoms with E-state index >= 15 is 0 Å². The van der Waals surface area contributed by atoms with Gasteiger partial charge in [-0.2, -0.15) is 0 Å². The number of hydrogen-bond acceptors (Lipinski definition) is 20. The molecule has 3 saturated heterocycles. The molecule has 0 radical (unpaired) electrons. The van der Waals surface area contributed by atoms with E-state index in [-0.39, 0.29) is 53.0 Å². The van der Waals surface area contributed by atoms with E-state index < -0.39 is 135 Å². The Labute approximate surface area is 426 Å². The first-order valence-electron chi connectivity index (χ1n) is 26.1. The van der Waals surface area contributed by atoms with Gasteiger partial charge in [-0.15, -0.1) is 0 Å². The van der Waals surface area contributed by atoms with Crippen molar-refractivity contribution in [2.24, 2.45) is 40.4 Å².